The van der Waals surface area contributed by atoms with Gasteiger partial charge in [-0.3, -0.25) is 4.99 Å². The first-order valence-corrected chi connectivity index (χ1v) is 6.30. The maximum absolute atomic E-state index is 5.77. The smallest absolute Gasteiger partial charge is 0.193 e. The normalized spacial score (nSPS) is 14.4. The molecule has 102 valence electrons. The van der Waals surface area contributed by atoms with Gasteiger partial charge >= 0.3 is 0 Å². The molecule has 0 spiro atoms. The minimum absolute atomic E-state index is 0. The minimum Gasteiger partial charge on any atom is -0.461 e. The quantitative estimate of drug-likeness (QED) is 0.843. The summed E-state index contributed by atoms with van der Waals surface area (Å²) < 4.78 is 5.77. The molecule has 0 unspecified atom stereocenters. The van der Waals surface area contributed by atoms with Gasteiger partial charge in [0.2, 0.25) is 0 Å². The second-order valence-electron chi connectivity index (χ2n) is 4.55. The van der Waals surface area contributed by atoms with E-state index in [0.717, 1.165) is 43.4 Å². The molecule has 0 aliphatic carbocycles. The fourth-order valence-electron chi connectivity index (χ4n) is 2.18. The Morgan fingerprint density at radius 1 is 1.37 bits per heavy atom. The van der Waals surface area contributed by atoms with Crippen LogP contribution in [0.15, 0.2) is 39.7 Å². The molecule has 2 heterocycles. The molecule has 5 heteroatoms. The highest BCUT2D eigenvalue weighted by molar-refractivity contribution is 14.0. The van der Waals surface area contributed by atoms with Crippen LogP contribution in [0, 0.1) is 0 Å². The monoisotopic (exact) mass is 371 g/mol. The zero-order chi connectivity index (χ0) is 12.4. The molecule has 1 aliphatic rings. The third-order valence-corrected chi connectivity index (χ3v) is 3.19. The van der Waals surface area contributed by atoms with Crippen molar-refractivity contribution in [1.82, 2.24) is 10.2 Å². The number of hydrogen-bond donors (Lipinski definition) is 1. The lowest BCUT2D eigenvalue weighted by Gasteiger charge is -2.14. The summed E-state index contributed by atoms with van der Waals surface area (Å²) in [6, 6.07) is 10.2. The van der Waals surface area contributed by atoms with Crippen LogP contribution in [0.4, 0.5) is 0 Å². The maximum Gasteiger partial charge on any atom is 0.193 e. The number of fused-ring (bicyclic) bond motifs is 1. The molecule has 0 amide bonds. The van der Waals surface area contributed by atoms with Crippen LogP contribution < -0.4 is 5.32 Å². The molecule has 1 N–H and O–H groups in total. The zero-order valence-electron chi connectivity index (χ0n) is 10.9. The van der Waals surface area contributed by atoms with E-state index in [0.29, 0.717) is 0 Å². The van der Waals surface area contributed by atoms with E-state index in [1.165, 1.54) is 5.39 Å². The molecule has 0 atom stereocenters. The molecule has 0 saturated heterocycles. The topological polar surface area (TPSA) is 40.8 Å². The van der Waals surface area contributed by atoms with Gasteiger partial charge in [-0.05, 0) is 12.1 Å². The first-order valence-electron chi connectivity index (χ1n) is 6.30. The van der Waals surface area contributed by atoms with E-state index in [9.17, 15) is 0 Å². The maximum atomic E-state index is 5.77. The number of guanidine groups is 1. The molecule has 1 aromatic carbocycles. The number of aliphatic imine (C=N–C) groups is 1. The van der Waals surface area contributed by atoms with Crippen LogP contribution in [0.3, 0.4) is 0 Å². The van der Waals surface area contributed by atoms with Crippen LogP contribution >= 0.6 is 24.0 Å². The Labute approximate surface area is 129 Å². The van der Waals surface area contributed by atoms with Crippen molar-refractivity contribution in [1.29, 1.82) is 0 Å². The summed E-state index contributed by atoms with van der Waals surface area (Å²) in [6.07, 6.45) is 0.877. The highest BCUT2D eigenvalue weighted by Crippen LogP contribution is 2.18. The van der Waals surface area contributed by atoms with Gasteiger partial charge in [-0.2, -0.15) is 0 Å². The summed E-state index contributed by atoms with van der Waals surface area (Å²) in [6.45, 7) is 2.75. The van der Waals surface area contributed by atoms with Crippen molar-refractivity contribution in [2.45, 2.75) is 6.42 Å². The van der Waals surface area contributed by atoms with Gasteiger partial charge in [0.25, 0.3) is 0 Å². The second-order valence-corrected chi connectivity index (χ2v) is 4.55. The van der Waals surface area contributed by atoms with Crippen molar-refractivity contribution in [3.05, 3.63) is 36.1 Å². The van der Waals surface area contributed by atoms with Crippen molar-refractivity contribution in [3.63, 3.8) is 0 Å². The molecule has 0 saturated carbocycles. The van der Waals surface area contributed by atoms with Crippen molar-refractivity contribution in [2.75, 3.05) is 26.7 Å². The van der Waals surface area contributed by atoms with Crippen LogP contribution in [-0.2, 0) is 6.42 Å². The summed E-state index contributed by atoms with van der Waals surface area (Å²) in [5.41, 5.74) is 0.961. The molecular formula is C14H18IN3O. The Bertz CT molecular complexity index is 546. The van der Waals surface area contributed by atoms with Crippen molar-refractivity contribution < 1.29 is 4.42 Å². The van der Waals surface area contributed by atoms with Gasteiger partial charge in [0.15, 0.2) is 5.96 Å². The number of benzene rings is 1. The predicted molar refractivity (Wildman–Crippen MR) is 88.3 cm³/mol. The minimum atomic E-state index is 0. The summed E-state index contributed by atoms with van der Waals surface area (Å²) in [4.78, 5) is 6.53. The van der Waals surface area contributed by atoms with Gasteiger partial charge in [-0.25, -0.2) is 0 Å². The fourth-order valence-corrected chi connectivity index (χ4v) is 2.18. The van der Waals surface area contributed by atoms with Gasteiger partial charge in [0.1, 0.15) is 11.3 Å². The SMILES string of the molecule is CN1CCN=C1NCCc1cc2ccccc2o1.I. The van der Waals surface area contributed by atoms with E-state index < -0.39 is 0 Å². The number of furan rings is 1. The summed E-state index contributed by atoms with van der Waals surface area (Å²) in [7, 11) is 2.06. The summed E-state index contributed by atoms with van der Waals surface area (Å²) in [5.74, 6) is 2.01. The van der Waals surface area contributed by atoms with E-state index in [1.807, 2.05) is 18.2 Å². The van der Waals surface area contributed by atoms with Gasteiger partial charge < -0.3 is 14.6 Å². The van der Waals surface area contributed by atoms with Crippen LogP contribution in [0.5, 0.6) is 0 Å². The molecule has 1 aromatic heterocycles. The number of nitrogens with zero attached hydrogens (tertiary/aromatic N) is 2. The lowest BCUT2D eigenvalue weighted by atomic mass is 10.2. The number of para-hydroxylation sites is 1. The zero-order valence-corrected chi connectivity index (χ0v) is 13.3. The average Bonchev–Trinajstić information content (AvgIpc) is 2.96. The molecule has 0 fully saturated rings. The molecule has 0 radical (unpaired) electrons. The third-order valence-electron chi connectivity index (χ3n) is 3.19. The Morgan fingerprint density at radius 3 is 2.95 bits per heavy atom. The highest BCUT2D eigenvalue weighted by Gasteiger charge is 2.11. The lowest BCUT2D eigenvalue weighted by Crippen LogP contribution is -2.36. The van der Waals surface area contributed by atoms with Crippen LogP contribution in [0.2, 0.25) is 0 Å². The Morgan fingerprint density at radius 2 is 2.21 bits per heavy atom. The van der Waals surface area contributed by atoms with Crippen LogP contribution in [-0.4, -0.2) is 37.5 Å². The first-order chi connectivity index (χ1) is 8.83. The molecule has 3 rings (SSSR count). The van der Waals surface area contributed by atoms with E-state index in [-0.39, 0.29) is 24.0 Å². The average molecular weight is 371 g/mol. The fraction of sp³-hybridized carbons (Fsp3) is 0.357. The number of halogens is 1. The molecule has 1 aliphatic heterocycles. The van der Waals surface area contributed by atoms with E-state index in [2.05, 4.69) is 34.4 Å². The van der Waals surface area contributed by atoms with Crippen molar-refractivity contribution in [3.8, 4) is 0 Å². The summed E-state index contributed by atoms with van der Waals surface area (Å²) >= 11 is 0. The van der Waals surface area contributed by atoms with E-state index in [4.69, 9.17) is 4.42 Å². The molecule has 19 heavy (non-hydrogen) atoms. The number of rotatable bonds is 3. The molecule has 4 nitrogen and oxygen atoms in total. The standard InChI is InChI=1S/C14H17N3O.HI/c1-17-9-8-16-14(17)15-7-6-12-10-11-4-2-3-5-13(11)18-12;/h2-5,10H,6-9H2,1H3,(H,15,16);1H. The molecule has 0 bridgehead atoms. The van der Waals surface area contributed by atoms with Gasteiger partial charge in [0, 0.05) is 31.9 Å². The lowest BCUT2D eigenvalue weighted by molar-refractivity contribution is 0.520. The Hall–Kier alpha value is -1.24. The number of hydrogen-bond acceptors (Lipinski definition) is 4. The van der Waals surface area contributed by atoms with E-state index in [1.54, 1.807) is 0 Å². The first kappa shape index (κ1) is 14.2. The molecular weight excluding hydrogens is 353 g/mol. The second kappa shape index (κ2) is 6.27. The highest BCUT2D eigenvalue weighted by atomic mass is 127. The van der Waals surface area contributed by atoms with Crippen molar-refractivity contribution >= 4 is 40.9 Å². The van der Waals surface area contributed by atoms with Gasteiger partial charge in [0.05, 0.1) is 6.54 Å². The van der Waals surface area contributed by atoms with E-state index >= 15 is 0 Å². The van der Waals surface area contributed by atoms with Gasteiger partial charge in [-0.1, -0.05) is 18.2 Å². The molecule has 2 aromatic rings. The summed E-state index contributed by atoms with van der Waals surface area (Å²) in [5, 5.41) is 4.51. The Balaban J connectivity index is 0.00000133. The largest absolute Gasteiger partial charge is 0.461 e. The van der Waals surface area contributed by atoms with Crippen LogP contribution in [0.25, 0.3) is 11.0 Å². The van der Waals surface area contributed by atoms with Gasteiger partial charge in [-0.15, -0.1) is 24.0 Å². The van der Waals surface area contributed by atoms with Crippen LogP contribution in [0.1, 0.15) is 5.76 Å². The number of nitrogens with one attached hydrogen (secondary N) is 1. The number of likely N-dealkylation sites (N-methyl/N-ethyl adjacent to an activating group) is 1. The predicted octanol–water partition coefficient (Wildman–Crippen LogP) is 2.48. The van der Waals surface area contributed by atoms with Crippen molar-refractivity contribution in [2.24, 2.45) is 4.99 Å². The Kier molecular flexibility index (Phi) is 4.68. The third kappa shape index (κ3) is 3.20.